The molecule has 194 valence electrons. The molecule has 11 heteroatoms. The Morgan fingerprint density at radius 2 is 2.00 bits per heavy atom. The van der Waals surface area contributed by atoms with Gasteiger partial charge in [0.25, 0.3) is 0 Å². The number of nitrogens with zero attached hydrogens (tertiary/aromatic N) is 3. The zero-order valence-corrected chi connectivity index (χ0v) is 22.6. The number of hydrogen-bond donors (Lipinski definition) is 4. The van der Waals surface area contributed by atoms with E-state index in [9.17, 15) is 9.59 Å². The van der Waals surface area contributed by atoms with Crippen LogP contribution in [0.25, 0.3) is 10.9 Å². The number of carbonyl (C=O) groups is 2. The lowest BCUT2D eigenvalue weighted by molar-refractivity contribution is -0.135. The third-order valence-corrected chi connectivity index (χ3v) is 7.55. The molecule has 3 aromatic rings. The van der Waals surface area contributed by atoms with Gasteiger partial charge < -0.3 is 15.6 Å². The Morgan fingerprint density at radius 3 is 2.67 bits per heavy atom. The summed E-state index contributed by atoms with van der Waals surface area (Å²) >= 11 is 12.8. The molecule has 1 aliphatic carbocycles. The minimum atomic E-state index is -1.14. The number of fused-ring (bicyclic) bond motifs is 3. The first-order valence-electron chi connectivity index (χ1n) is 12.5. The maximum absolute atomic E-state index is 14.0. The smallest absolute Gasteiger partial charge is 0.246 e. The van der Waals surface area contributed by atoms with Crippen molar-refractivity contribution in [3.05, 3.63) is 39.3 Å². The molecule has 0 bridgehead atoms. The van der Waals surface area contributed by atoms with Crippen molar-refractivity contribution in [3.8, 4) is 0 Å². The molecule has 9 nitrogen and oxygen atoms in total. The number of benzene rings is 1. The number of H-pyrrole nitrogens is 2. The van der Waals surface area contributed by atoms with Gasteiger partial charge in [-0.05, 0) is 48.8 Å². The summed E-state index contributed by atoms with van der Waals surface area (Å²) < 4.78 is 0. The normalized spacial score (nSPS) is 19.2. The van der Waals surface area contributed by atoms with Crippen LogP contribution in [-0.2, 0) is 22.4 Å². The highest BCUT2D eigenvalue weighted by Crippen LogP contribution is 2.38. The molecule has 2 aromatic heterocycles. The second-order valence-corrected chi connectivity index (χ2v) is 11.2. The second-order valence-electron chi connectivity index (χ2n) is 10.3. The zero-order chi connectivity index (χ0) is 26.0. The largest absolute Gasteiger partial charge is 0.357 e. The molecule has 2 heterocycles. The van der Waals surface area contributed by atoms with Gasteiger partial charge in [-0.1, -0.05) is 62.5 Å². The van der Waals surface area contributed by atoms with E-state index < -0.39 is 11.6 Å². The van der Waals surface area contributed by atoms with Crippen LogP contribution < -0.4 is 10.6 Å². The third kappa shape index (κ3) is 5.52. The van der Waals surface area contributed by atoms with E-state index in [1.807, 2.05) is 19.9 Å². The Bertz CT molecular complexity index is 1240. The molecule has 4 N–H and O–H groups in total. The molecular weight excluding hydrogens is 501 g/mol. The van der Waals surface area contributed by atoms with Crippen molar-refractivity contribution in [2.24, 2.45) is 11.8 Å². The average molecular weight is 534 g/mol. The highest BCUT2D eigenvalue weighted by atomic mass is 35.5. The molecule has 2 amide bonds. The molecule has 0 radical (unpaired) electrons. The van der Waals surface area contributed by atoms with Gasteiger partial charge in [0.2, 0.25) is 11.8 Å². The van der Waals surface area contributed by atoms with Crippen LogP contribution >= 0.6 is 23.2 Å². The molecule has 0 unspecified atom stereocenters. The van der Waals surface area contributed by atoms with Crippen LogP contribution in [0.2, 0.25) is 10.0 Å². The van der Waals surface area contributed by atoms with Gasteiger partial charge in [0, 0.05) is 28.9 Å². The van der Waals surface area contributed by atoms with Gasteiger partial charge in [0.1, 0.15) is 5.54 Å². The Labute approximate surface area is 220 Å². The summed E-state index contributed by atoms with van der Waals surface area (Å²) in [6.07, 6.45) is 3.20. The Morgan fingerprint density at radius 1 is 1.22 bits per heavy atom. The second kappa shape index (κ2) is 10.8. The number of hydrogen-bond acceptors (Lipinski definition) is 5. The summed E-state index contributed by atoms with van der Waals surface area (Å²) in [6.45, 7) is 8.21. The summed E-state index contributed by atoms with van der Waals surface area (Å²) in [4.78, 5) is 30.6. The van der Waals surface area contributed by atoms with Gasteiger partial charge in [-0.15, -0.1) is 10.2 Å². The summed E-state index contributed by atoms with van der Waals surface area (Å²) in [5.41, 5.74) is 1.60. The number of nitrogens with one attached hydrogen (secondary N) is 4. The van der Waals surface area contributed by atoms with Crippen molar-refractivity contribution in [3.63, 3.8) is 0 Å². The van der Waals surface area contributed by atoms with Crippen LogP contribution in [0.5, 0.6) is 0 Å². The van der Waals surface area contributed by atoms with Gasteiger partial charge in [-0.2, -0.15) is 5.21 Å². The van der Waals surface area contributed by atoms with E-state index in [4.69, 9.17) is 23.2 Å². The Hall–Kier alpha value is -2.65. The topological polar surface area (TPSA) is 128 Å². The SMILES string of the molecule is CC[C@@H](C)CC(=O)N[C@]1(C(=O)N[C@@H](CC(C)C)c2nn[nH]n2)CCc2[nH]c3c(Cl)cc(Cl)cc3c2C1. The molecule has 0 saturated carbocycles. The van der Waals surface area contributed by atoms with Crippen molar-refractivity contribution in [2.45, 2.75) is 77.8 Å². The van der Waals surface area contributed by atoms with Gasteiger partial charge in [0.05, 0.1) is 16.6 Å². The van der Waals surface area contributed by atoms with Crippen LogP contribution in [0.3, 0.4) is 0 Å². The molecule has 1 aliphatic rings. The molecule has 1 aromatic carbocycles. The molecule has 4 rings (SSSR count). The number of rotatable bonds is 9. The lowest BCUT2D eigenvalue weighted by Crippen LogP contribution is -2.62. The van der Waals surface area contributed by atoms with Crippen molar-refractivity contribution in [2.75, 3.05) is 0 Å². The number of carbonyl (C=O) groups excluding carboxylic acids is 2. The molecular formula is C25H33Cl2N7O2. The molecule has 3 atom stereocenters. The van der Waals surface area contributed by atoms with E-state index in [1.165, 1.54) is 0 Å². The van der Waals surface area contributed by atoms with Gasteiger partial charge >= 0.3 is 0 Å². The van der Waals surface area contributed by atoms with E-state index in [-0.39, 0.29) is 23.7 Å². The monoisotopic (exact) mass is 533 g/mol. The minimum absolute atomic E-state index is 0.140. The maximum atomic E-state index is 14.0. The van der Waals surface area contributed by atoms with Gasteiger partial charge in [-0.3, -0.25) is 9.59 Å². The fourth-order valence-electron chi connectivity index (χ4n) is 4.92. The minimum Gasteiger partial charge on any atom is -0.357 e. The van der Waals surface area contributed by atoms with Crippen LogP contribution in [0, 0.1) is 11.8 Å². The molecule has 36 heavy (non-hydrogen) atoms. The van der Waals surface area contributed by atoms with Crippen LogP contribution in [0.4, 0.5) is 0 Å². The van der Waals surface area contributed by atoms with Crippen molar-refractivity contribution in [1.29, 1.82) is 0 Å². The van der Waals surface area contributed by atoms with Crippen molar-refractivity contribution < 1.29 is 9.59 Å². The van der Waals surface area contributed by atoms with Crippen LogP contribution in [0.15, 0.2) is 12.1 Å². The standard InChI is InChI=1S/C25H33Cl2N7O2/c1-5-14(4)9-21(35)30-25(24(36)29-20(8-13(2)3)23-31-33-34-32-23)7-6-19-17(12-25)16-10-15(26)11-18(27)22(16)28-19/h10-11,13-14,20,28H,5-9,12H2,1-4H3,(H,29,36)(H,30,35)(H,31,32,33,34)/t14-,20+,25-/m1/s1. The van der Waals surface area contributed by atoms with E-state index in [1.54, 1.807) is 6.07 Å². The van der Waals surface area contributed by atoms with Gasteiger partial charge in [0.15, 0.2) is 5.82 Å². The summed E-state index contributed by atoms with van der Waals surface area (Å²) in [5.74, 6) is 0.506. The Balaban J connectivity index is 1.71. The van der Waals surface area contributed by atoms with E-state index in [0.29, 0.717) is 48.0 Å². The van der Waals surface area contributed by atoms with Crippen LogP contribution in [0.1, 0.15) is 76.5 Å². The Kier molecular flexibility index (Phi) is 7.90. The predicted molar refractivity (Wildman–Crippen MR) is 140 cm³/mol. The van der Waals surface area contributed by atoms with Gasteiger partial charge in [-0.25, -0.2) is 0 Å². The number of tetrazole rings is 1. The molecule has 0 saturated heterocycles. The quantitative estimate of drug-likeness (QED) is 0.317. The summed E-state index contributed by atoms with van der Waals surface area (Å²) in [7, 11) is 0. The van der Waals surface area contributed by atoms with Crippen LogP contribution in [-0.4, -0.2) is 43.0 Å². The fourth-order valence-corrected chi connectivity index (χ4v) is 5.46. The summed E-state index contributed by atoms with van der Waals surface area (Å²) in [5, 5.41) is 22.5. The first-order chi connectivity index (χ1) is 17.1. The van der Waals surface area contributed by atoms with Crippen molar-refractivity contribution in [1.82, 2.24) is 36.2 Å². The van der Waals surface area contributed by atoms with Crippen molar-refractivity contribution >= 4 is 45.9 Å². The number of aromatic amines is 2. The zero-order valence-electron chi connectivity index (χ0n) is 21.0. The fraction of sp³-hybridized carbons (Fsp3) is 0.560. The van der Waals surface area contributed by atoms with E-state index >= 15 is 0 Å². The molecule has 0 fully saturated rings. The number of amides is 2. The molecule has 0 spiro atoms. The lowest BCUT2D eigenvalue weighted by Gasteiger charge is -2.38. The first kappa shape index (κ1) is 26.4. The highest BCUT2D eigenvalue weighted by molar-refractivity contribution is 6.38. The van der Waals surface area contributed by atoms with E-state index in [2.05, 4.69) is 50.1 Å². The number of aromatic nitrogens is 5. The predicted octanol–water partition coefficient (Wildman–Crippen LogP) is 4.67. The summed E-state index contributed by atoms with van der Waals surface area (Å²) in [6, 6.07) is 3.12. The lowest BCUT2D eigenvalue weighted by atomic mass is 9.78. The van der Waals surface area contributed by atoms with E-state index in [0.717, 1.165) is 28.6 Å². The maximum Gasteiger partial charge on any atom is 0.246 e. The number of aryl methyl sites for hydroxylation is 1. The first-order valence-corrected chi connectivity index (χ1v) is 13.2. The molecule has 0 aliphatic heterocycles. The third-order valence-electron chi connectivity index (χ3n) is 7.03. The highest BCUT2D eigenvalue weighted by Gasteiger charge is 2.45. The number of halogens is 2. The average Bonchev–Trinajstić information content (AvgIpc) is 3.46.